The monoisotopic (exact) mass is 260 g/mol. The second-order valence-corrected chi connectivity index (χ2v) is 2.85. The summed E-state index contributed by atoms with van der Waals surface area (Å²) in [5, 5.41) is 0. The van der Waals surface area contributed by atoms with E-state index in [1.165, 1.54) is 0 Å². The van der Waals surface area contributed by atoms with Gasteiger partial charge in [0.25, 0.3) is 0 Å². The topological polar surface area (TPSA) is 9.23 Å². The third-order valence-corrected chi connectivity index (χ3v) is 1.26. The molecule has 0 saturated carbocycles. The van der Waals surface area contributed by atoms with E-state index in [1.807, 2.05) is 0 Å². The van der Waals surface area contributed by atoms with E-state index >= 15 is 0 Å². The van der Waals surface area contributed by atoms with E-state index in [4.69, 9.17) is 0 Å². The zero-order valence-electron chi connectivity index (χ0n) is 5.34. The van der Waals surface area contributed by atoms with E-state index in [-0.39, 0.29) is 0 Å². The minimum absolute atomic E-state index is 1.66. The van der Waals surface area contributed by atoms with Crippen LogP contribution in [-0.2, 0) is 4.74 Å². The summed E-state index contributed by atoms with van der Waals surface area (Å²) in [4.78, 5) is 0. The molecule has 0 fully saturated rings. The van der Waals surface area contributed by atoms with Crippen molar-refractivity contribution < 1.29 is 31.1 Å². The van der Waals surface area contributed by atoms with Gasteiger partial charge in [-0.15, -0.1) is 0 Å². The Morgan fingerprint density at radius 3 is 1.83 bits per heavy atom. The molecule has 1 nitrogen and oxygen atoms in total. The molecule has 1 unspecified atom stereocenters. The zero-order chi connectivity index (χ0) is 9.99. The molecule has 1 atom stereocenters. The molecule has 0 aromatic rings. The number of hydrogen-bond acceptors (Lipinski definition) is 1. The fraction of sp³-hybridized carbons (Fsp3) is 1.00. The summed E-state index contributed by atoms with van der Waals surface area (Å²) in [5.41, 5.74) is 0. The van der Waals surface area contributed by atoms with Crippen molar-refractivity contribution in [2.24, 2.45) is 0 Å². The molecule has 0 spiro atoms. The van der Waals surface area contributed by atoms with Gasteiger partial charge >= 0.3 is 17.4 Å². The van der Waals surface area contributed by atoms with Gasteiger partial charge in [-0.05, 0) is 15.9 Å². The van der Waals surface area contributed by atoms with E-state index in [1.54, 1.807) is 15.9 Å². The average molecular weight is 261 g/mol. The number of rotatable bonds is 3. The van der Waals surface area contributed by atoms with Crippen LogP contribution in [0.15, 0.2) is 0 Å². The lowest BCUT2D eigenvalue weighted by molar-refractivity contribution is -0.232. The standard InChI is InChI=1S/C4H3BrF6O/c5-4(11,2(6)7)12-1-3(8,9)10/h2H,1H2. The molecule has 0 aromatic heterocycles. The molecule has 0 aliphatic rings. The molecule has 0 aliphatic heterocycles. The van der Waals surface area contributed by atoms with Crippen LogP contribution in [0.1, 0.15) is 0 Å². The zero-order valence-corrected chi connectivity index (χ0v) is 6.92. The molecule has 0 radical (unpaired) electrons. The molecule has 0 N–H and O–H groups in total. The molecular weight excluding hydrogens is 258 g/mol. The summed E-state index contributed by atoms with van der Waals surface area (Å²) >= 11 is 1.66. The number of ether oxygens (including phenoxy) is 1. The first-order valence-corrected chi connectivity index (χ1v) is 3.31. The summed E-state index contributed by atoms with van der Waals surface area (Å²) in [6.45, 7) is -2.07. The minimum Gasteiger partial charge on any atom is -0.323 e. The molecule has 74 valence electrons. The second kappa shape index (κ2) is 3.82. The molecular formula is C4H3BrF6O. The summed E-state index contributed by atoms with van der Waals surface area (Å²) < 4.78 is 68.5. The largest absolute Gasteiger partial charge is 0.411 e. The van der Waals surface area contributed by atoms with E-state index in [0.717, 1.165) is 0 Å². The van der Waals surface area contributed by atoms with Gasteiger partial charge in [-0.3, -0.25) is 0 Å². The van der Waals surface area contributed by atoms with Crippen molar-refractivity contribution in [1.82, 2.24) is 0 Å². The SMILES string of the molecule is FC(F)C(F)(Br)OCC(F)(F)F. The van der Waals surface area contributed by atoms with Gasteiger partial charge in [0.1, 0.15) is 6.61 Å². The fourth-order valence-corrected chi connectivity index (χ4v) is 0.356. The van der Waals surface area contributed by atoms with Gasteiger partial charge in [-0.25, -0.2) is 8.78 Å². The number of alkyl halides is 7. The van der Waals surface area contributed by atoms with E-state index in [0.29, 0.717) is 0 Å². The number of hydrogen-bond donors (Lipinski definition) is 0. The molecule has 0 amide bonds. The van der Waals surface area contributed by atoms with Crippen LogP contribution >= 0.6 is 15.9 Å². The lowest BCUT2D eigenvalue weighted by Gasteiger charge is -2.18. The Morgan fingerprint density at radius 1 is 1.17 bits per heavy atom. The third kappa shape index (κ3) is 4.81. The molecule has 0 aliphatic carbocycles. The lowest BCUT2D eigenvalue weighted by atomic mass is 10.6. The maximum Gasteiger partial charge on any atom is 0.411 e. The molecule has 0 bridgehead atoms. The van der Waals surface area contributed by atoms with E-state index in [2.05, 4.69) is 4.74 Å². The first-order chi connectivity index (χ1) is 5.15. The van der Waals surface area contributed by atoms with Crippen molar-refractivity contribution in [3.63, 3.8) is 0 Å². The van der Waals surface area contributed by atoms with Crippen LogP contribution in [-0.4, -0.2) is 24.0 Å². The van der Waals surface area contributed by atoms with Crippen LogP contribution in [0.4, 0.5) is 26.3 Å². The molecule has 0 heterocycles. The van der Waals surface area contributed by atoms with Gasteiger partial charge in [-0.1, -0.05) is 0 Å². The van der Waals surface area contributed by atoms with Crippen LogP contribution in [0.5, 0.6) is 0 Å². The Balaban J connectivity index is 3.93. The highest BCUT2D eigenvalue weighted by atomic mass is 79.9. The first kappa shape index (κ1) is 12.0. The van der Waals surface area contributed by atoms with Gasteiger partial charge in [0.15, 0.2) is 0 Å². The van der Waals surface area contributed by atoms with Crippen LogP contribution in [0.3, 0.4) is 0 Å². The Hall–Kier alpha value is 0.0200. The van der Waals surface area contributed by atoms with Gasteiger partial charge in [0.2, 0.25) is 0 Å². The molecule has 0 rings (SSSR count). The van der Waals surface area contributed by atoms with Crippen LogP contribution < -0.4 is 0 Å². The average Bonchev–Trinajstić information content (AvgIpc) is 1.82. The normalized spacial score (nSPS) is 18.0. The highest BCUT2D eigenvalue weighted by Gasteiger charge is 2.42. The van der Waals surface area contributed by atoms with Crippen molar-refractivity contribution in [3.05, 3.63) is 0 Å². The van der Waals surface area contributed by atoms with Crippen LogP contribution in [0.25, 0.3) is 0 Å². The highest BCUT2D eigenvalue weighted by molar-refractivity contribution is 9.10. The van der Waals surface area contributed by atoms with Crippen LogP contribution in [0.2, 0.25) is 0 Å². The maximum atomic E-state index is 12.2. The van der Waals surface area contributed by atoms with Crippen molar-refractivity contribution >= 4 is 15.9 Å². The van der Waals surface area contributed by atoms with Gasteiger partial charge < -0.3 is 4.74 Å². The van der Waals surface area contributed by atoms with Gasteiger partial charge in [-0.2, -0.15) is 17.6 Å². The molecule has 0 saturated heterocycles. The van der Waals surface area contributed by atoms with E-state index in [9.17, 15) is 26.3 Å². The first-order valence-electron chi connectivity index (χ1n) is 2.52. The highest BCUT2D eigenvalue weighted by Crippen LogP contribution is 2.31. The number of halogens is 7. The predicted octanol–water partition coefficient (Wildman–Crippen LogP) is 2.85. The molecule has 0 aromatic carbocycles. The van der Waals surface area contributed by atoms with E-state index < -0.39 is 24.0 Å². The van der Waals surface area contributed by atoms with Crippen LogP contribution in [0, 0.1) is 0 Å². The Kier molecular flexibility index (Phi) is 3.83. The Labute approximate surface area is 71.8 Å². The van der Waals surface area contributed by atoms with Crippen molar-refractivity contribution in [1.29, 1.82) is 0 Å². The van der Waals surface area contributed by atoms with Crippen molar-refractivity contribution in [2.45, 2.75) is 17.4 Å². The fourth-order valence-electron chi connectivity index (χ4n) is 0.241. The molecule has 12 heavy (non-hydrogen) atoms. The maximum absolute atomic E-state index is 12.2. The van der Waals surface area contributed by atoms with Crippen molar-refractivity contribution in [2.75, 3.05) is 6.61 Å². The van der Waals surface area contributed by atoms with Gasteiger partial charge in [0, 0.05) is 0 Å². The molecule has 8 heteroatoms. The second-order valence-electron chi connectivity index (χ2n) is 1.77. The van der Waals surface area contributed by atoms with Gasteiger partial charge in [0.05, 0.1) is 0 Å². The Morgan fingerprint density at radius 2 is 1.58 bits per heavy atom. The smallest absolute Gasteiger partial charge is 0.323 e. The minimum atomic E-state index is -4.83. The third-order valence-electron chi connectivity index (χ3n) is 0.682. The summed E-state index contributed by atoms with van der Waals surface area (Å²) in [5.74, 6) is 0. The summed E-state index contributed by atoms with van der Waals surface area (Å²) in [6, 6.07) is 0. The van der Waals surface area contributed by atoms with Crippen molar-refractivity contribution in [3.8, 4) is 0 Å². The Bertz CT molecular complexity index is 143. The summed E-state index contributed by atoms with van der Waals surface area (Å²) in [6.07, 6.45) is -8.51. The quantitative estimate of drug-likeness (QED) is 0.560. The summed E-state index contributed by atoms with van der Waals surface area (Å²) in [7, 11) is 0. The predicted molar refractivity (Wildman–Crippen MR) is 30.8 cm³/mol. The lowest BCUT2D eigenvalue weighted by Crippen LogP contribution is -2.32.